The molecule has 6 nitrogen and oxygen atoms in total. The lowest BCUT2D eigenvalue weighted by Crippen LogP contribution is -2.38. The minimum Gasteiger partial charge on any atom is -0.453 e. The van der Waals surface area contributed by atoms with E-state index in [1.165, 1.54) is 12.1 Å². The minimum absolute atomic E-state index is 0. The number of carbonyl (C=O) groups is 2. The van der Waals surface area contributed by atoms with Crippen molar-refractivity contribution in [1.29, 1.82) is 0 Å². The summed E-state index contributed by atoms with van der Waals surface area (Å²) in [6.45, 7) is 4.11. The zero-order chi connectivity index (χ0) is 21.6. The van der Waals surface area contributed by atoms with Gasteiger partial charge in [-0.25, -0.2) is 8.78 Å². The Morgan fingerprint density at radius 2 is 2.00 bits per heavy atom. The van der Waals surface area contributed by atoms with Crippen molar-refractivity contribution in [3.8, 4) is 11.5 Å². The molecule has 164 valence electrons. The first-order valence-electron chi connectivity index (χ1n) is 8.96. The number of halogens is 4. The molecule has 0 saturated carbocycles. The smallest absolute Gasteiger partial charge is 0.251 e. The fraction of sp³-hybridized carbons (Fsp3) is 0.300. The summed E-state index contributed by atoms with van der Waals surface area (Å²) in [5.74, 6) is -2.69. The summed E-state index contributed by atoms with van der Waals surface area (Å²) in [5.41, 5.74) is 5.08. The summed E-state index contributed by atoms with van der Waals surface area (Å²) in [5, 5.41) is 5.81. The average Bonchev–Trinajstić information content (AvgIpc) is 2.69. The Labute approximate surface area is 184 Å². The van der Waals surface area contributed by atoms with Crippen molar-refractivity contribution >= 4 is 36.3 Å². The van der Waals surface area contributed by atoms with E-state index in [9.17, 15) is 14.0 Å². The number of nitrogens with one attached hydrogen (secondary N) is 2. The Morgan fingerprint density at radius 1 is 1.30 bits per heavy atom. The van der Waals surface area contributed by atoms with E-state index in [1.807, 2.05) is 13.8 Å². The highest BCUT2D eigenvalue weighted by atomic mass is 35.5. The van der Waals surface area contributed by atoms with Crippen LogP contribution in [0.1, 0.15) is 42.2 Å². The van der Waals surface area contributed by atoms with Gasteiger partial charge in [0.2, 0.25) is 6.41 Å². The fourth-order valence-electron chi connectivity index (χ4n) is 2.84. The monoisotopic (exact) mass is 461 g/mol. The van der Waals surface area contributed by atoms with E-state index in [-0.39, 0.29) is 46.6 Å². The first-order chi connectivity index (χ1) is 13.8. The highest BCUT2D eigenvalue weighted by molar-refractivity contribution is 6.32. The quantitative estimate of drug-likeness (QED) is 0.464. The normalized spacial score (nSPS) is 12.4. The van der Waals surface area contributed by atoms with Gasteiger partial charge in [-0.2, -0.15) is 0 Å². The standard InChI is InChI=1S/C20H22ClF2N3O3.ClH/c1-3-17(26-11(2)9-25-10-27)13-5-6-15(21)19(18(13)23)29-12-4-7-16(22)14(8-12)20(24)28;/h4-8,10-11,17,26H,3,9H2,1-2H3,(H2,24,28)(H,25,27);1H/t11-,17-;/m1./s1. The van der Waals surface area contributed by atoms with E-state index in [0.29, 0.717) is 24.9 Å². The molecular formula is C20H23Cl2F2N3O3. The summed E-state index contributed by atoms with van der Waals surface area (Å²) in [6.07, 6.45) is 1.16. The maximum Gasteiger partial charge on any atom is 0.251 e. The maximum absolute atomic E-state index is 15.2. The number of amides is 2. The summed E-state index contributed by atoms with van der Waals surface area (Å²) in [4.78, 5) is 21.8. The molecule has 0 saturated heterocycles. The number of ether oxygens (including phenoxy) is 1. The van der Waals surface area contributed by atoms with Crippen LogP contribution in [-0.4, -0.2) is 24.9 Å². The van der Waals surface area contributed by atoms with Crippen molar-refractivity contribution < 1.29 is 23.1 Å². The van der Waals surface area contributed by atoms with Crippen LogP contribution < -0.4 is 21.1 Å². The van der Waals surface area contributed by atoms with Crippen LogP contribution in [-0.2, 0) is 4.79 Å². The van der Waals surface area contributed by atoms with E-state index < -0.39 is 17.5 Å². The first kappa shape index (κ1) is 25.6. The Kier molecular flexibility index (Phi) is 9.98. The molecule has 2 amide bonds. The third-order valence-corrected chi connectivity index (χ3v) is 4.58. The van der Waals surface area contributed by atoms with Crippen LogP contribution >= 0.6 is 24.0 Å². The molecule has 30 heavy (non-hydrogen) atoms. The third kappa shape index (κ3) is 6.29. The van der Waals surface area contributed by atoms with Gasteiger partial charge in [-0.15, -0.1) is 12.4 Å². The Bertz CT molecular complexity index is 900. The molecule has 10 heteroatoms. The van der Waals surface area contributed by atoms with Crippen LogP contribution in [0.5, 0.6) is 11.5 Å². The number of hydrogen-bond donors (Lipinski definition) is 3. The summed E-state index contributed by atoms with van der Waals surface area (Å²) < 4.78 is 34.4. The van der Waals surface area contributed by atoms with Crippen molar-refractivity contribution in [2.45, 2.75) is 32.4 Å². The Balaban J connectivity index is 0.00000450. The van der Waals surface area contributed by atoms with Crippen molar-refractivity contribution in [3.05, 3.63) is 58.1 Å². The molecule has 0 bridgehead atoms. The second-order valence-corrected chi connectivity index (χ2v) is 6.85. The van der Waals surface area contributed by atoms with Crippen molar-refractivity contribution in [2.75, 3.05) is 6.54 Å². The lowest BCUT2D eigenvalue weighted by atomic mass is 10.0. The first-order valence-corrected chi connectivity index (χ1v) is 9.34. The van der Waals surface area contributed by atoms with Gasteiger partial charge in [0.05, 0.1) is 10.6 Å². The molecule has 2 rings (SSSR count). The number of benzene rings is 2. The van der Waals surface area contributed by atoms with Gasteiger partial charge < -0.3 is 21.1 Å². The molecule has 0 fully saturated rings. The van der Waals surface area contributed by atoms with E-state index >= 15 is 4.39 Å². The highest BCUT2D eigenvalue weighted by Crippen LogP contribution is 2.37. The summed E-state index contributed by atoms with van der Waals surface area (Å²) in [7, 11) is 0. The number of primary amides is 1. The molecule has 2 aromatic carbocycles. The molecule has 0 aliphatic rings. The molecule has 0 aliphatic heterocycles. The maximum atomic E-state index is 15.2. The summed E-state index contributed by atoms with van der Waals surface area (Å²) >= 11 is 6.11. The number of rotatable bonds is 10. The van der Waals surface area contributed by atoms with Gasteiger partial charge in [-0.1, -0.05) is 24.6 Å². The lowest BCUT2D eigenvalue weighted by molar-refractivity contribution is -0.109. The molecular weight excluding hydrogens is 439 g/mol. The van der Waals surface area contributed by atoms with Crippen molar-refractivity contribution in [3.63, 3.8) is 0 Å². The van der Waals surface area contributed by atoms with Gasteiger partial charge in [-0.05, 0) is 37.6 Å². The molecule has 0 unspecified atom stereocenters. The van der Waals surface area contributed by atoms with Crippen LogP contribution in [0.2, 0.25) is 5.02 Å². The number of carbonyl (C=O) groups excluding carboxylic acids is 2. The fourth-order valence-corrected chi connectivity index (χ4v) is 3.02. The zero-order valence-electron chi connectivity index (χ0n) is 16.4. The zero-order valence-corrected chi connectivity index (χ0v) is 17.9. The van der Waals surface area contributed by atoms with E-state index in [1.54, 1.807) is 6.07 Å². The van der Waals surface area contributed by atoms with Crippen LogP contribution in [0, 0.1) is 11.6 Å². The van der Waals surface area contributed by atoms with Gasteiger partial charge in [0.1, 0.15) is 11.6 Å². The van der Waals surface area contributed by atoms with Gasteiger partial charge in [0, 0.05) is 24.2 Å². The molecule has 2 aromatic rings. The van der Waals surface area contributed by atoms with E-state index in [0.717, 1.165) is 12.1 Å². The SMILES string of the molecule is CC[C@@H](N[C@H](C)CNC=O)c1ccc(Cl)c(Oc2ccc(F)c(C(N)=O)c2)c1F.Cl. The lowest BCUT2D eigenvalue weighted by Gasteiger charge is -2.24. The molecule has 0 heterocycles. The van der Waals surface area contributed by atoms with E-state index in [2.05, 4.69) is 10.6 Å². The Hall–Kier alpha value is -2.42. The van der Waals surface area contributed by atoms with Gasteiger partial charge in [-0.3, -0.25) is 9.59 Å². The van der Waals surface area contributed by atoms with Crippen LogP contribution in [0.4, 0.5) is 8.78 Å². The van der Waals surface area contributed by atoms with Gasteiger partial charge in [0.15, 0.2) is 11.6 Å². The Morgan fingerprint density at radius 3 is 2.60 bits per heavy atom. The average molecular weight is 462 g/mol. The molecule has 0 aliphatic carbocycles. The molecule has 0 aromatic heterocycles. The second-order valence-electron chi connectivity index (χ2n) is 6.44. The number of nitrogens with two attached hydrogens (primary N) is 1. The summed E-state index contributed by atoms with van der Waals surface area (Å²) in [6, 6.07) is 5.89. The largest absolute Gasteiger partial charge is 0.453 e. The van der Waals surface area contributed by atoms with Gasteiger partial charge >= 0.3 is 0 Å². The topological polar surface area (TPSA) is 93.4 Å². The second kappa shape index (κ2) is 11.7. The molecule has 2 atom stereocenters. The predicted octanol–water partition coefficient (Wildman–Crippen LogP) is 4.11. The molecule has 0 spiro atoms. The highest BCUT2D eigenvalue weighted by Gasteiger charge is 2.22. The molecule has 0 radical (unpaired) electrons. The van der Waals surface area contributed by atoms with Crippen LogP contribution in [0.15, 0.2) is 30.3 Å². The predicted molar refractivity (Wildman–Crippen MR) is 113 cm³/mol. The number of hydrogen-bond acceptors (Lipinski definition) is 4. The minimum atomic E-state index is -0.971. The van der Waals surface area contributed by atoms with Crippen LogP contribution in [0.25, 0.3) is 0 Å². The van der Waals surface area contributed by atoms with E-state index in [4.69, 9.17) is 22.1 Å². The van der Waals surface area contributed by atoms with Crippen molar-refractivity contribution in [2.24, 2.45) is 5.73 Å². The molecule has 4 N–H and O–H groups in total. The van der Waals surface area contributed by atoms with Crippen LogP contribution in [0.3, 0.4) is 0 Å². The third-order valence-electron chi connectivity index (χ3n) is 4.28. The van der Waals surface area contributed by atoms with Crippen molar-refractivity contribution in [1.82, 2.24) is 10.6 Å². The van der Waals surface area contributed by atoms with Gasteiger partial charge in [0.25, 0.3) is 5.91 Å².